The molecule has 0 unspecified atom stereocenters. The highest BCUT2D eigenvalue weighted by molar-refractivity contribution is 6.06. The van der Waals surface area contributed by atoms with Crippen molar-refractivity contribution < 1.29 is 18.7 Å². The fraction of sp³-hybridized carbons (Fsp3) is 0.480. The van der Waals surface area contributed by atoms with Crippen LogP contribution in [-0.2, 0) is 13.0 Å². The number of halogens is 1. The molecule has 0 saturated heterocycles. The minimum absolute atomic E-state index is 0.00583. The Hall–Kier alpha value is -3.76. The van der Waals surface area contributed by atoms with Gasteiger partial charge in [-0.05, 0) is 37.7 Å². The average molecular weight is 497 g/mol. The van der Waals surface area contributed by atoms with Crippen LogP contribution >= 0.6 is 0 Å². The number of nitrogens with zero attached hydrogens (tertiary/aromatic N) is 5. The number of fused-ring (bicyclic) bond motifs is 1. The number of rotatable bonds is 7. The minimum atomic E-state index is -0.751. The molecule has 0 radical (unpaired) electrons. The Balaban J connectivity index is 1.49. The van der Waals surface area contributed by atoms with Crippen molar-refractivity contribution >= 4 is 11.7 Å². The number of anilines is 1. The second-order valence-corrected chi connectivity index (χ2v) is 9.23. The molecule has 5 rings (SSSR count). The third-order valence-electron chi connectivity index (χ3n) is 6.76. The largest absolute Gasteiger partial charge is 0.492 e. The Labute approximate surface area is 207 Å². The Morgan fingerprint density at radius 2 is 2.00 bits per heavy atom. The lowest BCUT2D eigenvalue weighted by molar-refractivity contribution is 0.102. The Kier molecular flexibility index (Phi) is 6.97. The van der Waals surface area contributed by atoms with Gasteiger partial charge in [0.1, 0.15) is 23.1 Å². The van der Waals surface area contributed by atoms with Crippen LogP contribution in [0.3, 0.4) is 0 Å². The number of ether oxygens (including phenoxy) is 2. The van der Waals surface area contributed by atoms with Crippen molar-refractivity contribution in [2.24, 2.45) is 5.92 Å². The average Bonchev–Trinajstić information content (AvgIpc) is 3.24. The molecule has 1 aliphatic heterocycles. The third-order valence-corrected chi connectivity index (χ3v) is 6.76. The van der Waals surface area contributed by atoms with Crippen molar-refractivity contribution in [2.75, 3.05) is 19.0 Å². The molecular formula is C25H29FN6O4. The van der Waals surface area contributed by atoms with E-state index in [1.165, 1.54) is 32.0 Å². The van der Waals surface area contributed by atoms with Crippen LogP contribution in [0.4, 0.5) is 10.2 Å². The summed E-state index contributed by atoms with van der Waals surface area (Å²) in [6, 6.07) is 2.48. The fourth-order valence-corrected chi connectivity index (χ4v) is 4.81. The maximum absolute atomic E-state index is 15.4. The van der Waals surface area contributed by atoms with Gasteiger partial charge in [0, 0.05) is 19.0 Å². The van der Waals surface area contributed by atoms with Gasteiger partial charge in [0.2, 0.25) is 5.88 Å². The molecule has 3 aromatic rings. The van der Waals surface area contributed by atoms with Gasteiger partial charge in [-0.3, -0.25) is 14.3 Å². The first-order valence-electron chi connectivity index (χ1n) is 12.4. The van der Waals surface area contributed by atoms with E-state index in [0.29, 0.717) is 31.3 Å². The molecule has 1 amide bonds. The second kappa shape index (κ2) is 10.5. The molecule has 1 aliphatic carbocycles. The van der Waals surface area contributed by atoms with Crippen molar-refractivity contribution in [3.8, 4) is 17.3 Å². The Morgan fingerprint density at radius 1 is 1.17 bits per heavy atom. The summed E-state index contributed by atoms with van der Waals surface area (Å²) >= 11 is 0. The number of aromatic nitrogens is 5. The van der Waals surface area contributed by atoms with E-state index in [9.17, 15) is 9.59 Å². The predicted octanol–water partition coefficient (Wildman–Crippen LogP) is 3.52. The summed E-state index contributed by atoms with van der Waals surface area (Å²) in [5.74, 6) is 0.191. The standard InChI is InChI=1S/C25H29FN6O4/c1-35-23-14-27-13-21(28-23)29-24(33)17-11-18(26)19(12-20(17)36-15-16-7-3-2-4-8-16)32-25(34)31-10-6-5-9-22(31)30-32/h11-14,16H,2-10,15H2,1H3,(H,28,29,33). The van der Waals surface area contributed by atoms with E-state index in [2.05, 4.69) is 20.4 Å². The van der Waals surface area contributed by atoms with Gasteiger partial charge in [0.25, 0.3) is 5.91 Å². The van der Waals surface area contributed by atoms with E-state index < -0.39 is 17.4 Å². The first-order chi connectivity index (χ1) is 17.5. The maximum atomic E-state index is 15.4. The number of carbonyl (C=O) groups excluding carboxylic acids is 1. The molecule has 3 heterocycles. The maximum Gasteiger partial charge on any atom is 0.350 e. The van der Waals surface area contributed by atoms with E-state index in [1.54, 1.807) is 4.57 Å². The molecule has 1 saturated carbocycles. The quantitative estimate of drug-likeness (QED) is 0.532. The van der Waals surface area contributed by atoms with Crippen LogP contribution < -0.4 is 20.5 Å². The van der Waals surface area contributed by atoms with Gasteiger partial charge < -0.3 is 14.8 Å². The summed E-state index contributed by atoms with van der Waals surface area (Å²) in [6.45, 7) is 0.960. The van der Waals surface area contributed by atoms with Gasteiger partial charge in [0.15, 0.2) is 5.82 Å². The van der Waals surface area contributed by atoms with Gasteiger partial charge in [-0.1, -0.05) is 19.3 Å². The van der Waals surface area contributed by atoms with Crippen LogP contribution in [0.5, 0.6) is 11.6 Å². The van der Waals surface area contributed by atoms with Gasteiger partial charge in [-0.25, -0.2) is 9.18 Å². The zero-order valence-corrected chi connectivity index (χ0v) is 20.2. The predicted molar refractivity (Wildman–Crippen MR) is 129 cm³/mol. The molecule has 190 valence electrons. The van der Waals surface area contributed by atoms with Crippen LogP contribution in [0.1, 0.15) is 61.1 Å². The van der Waals surface area contributed by atoms with Crippen molar-refractivity contribution in [1.29, 1.82) is 0 Å². The van der Waals surface area contributed by atoms with Crippen LogP contribution in [0.25, 0.3) is 5.69 Å². The summed E-state index contributed by atoms with van der Waals surface area (Å²) in [5.41, 5.74) is -0.447. The van der Waals surface area contributed by atoms with E-state index in [-0.39, 0.29) is 28.7 Å². The number of carbonyl (C=O) groups is 1. The summed E-state index contributed by atoms with van der Waals surface area (Å²) in [4.78, 5) is 34.2. The monoisotopic (exact) mass is 496 g/mol. The topological polar surface area (TPSA) is 113 Å². The van der Waals surface area contributed by atoms with Crippen molar-refractivity contribution in [3.63, 3.8) is 0 Å². The molecule has 1 N–H and O–H groups in total. The number of hydrogen-bond acceptors (Lipinski definition) is 7. The first-order valence-corrected chi connectivity index (χ1v) is 12.4. The SMILES string of the molecule is COc1cncc(NC(=O)c2cc(F)c(-n3nc4n(c3=O)CCCC4)cc2OCC2CCCCC2)n1. The first kappa shape index (κ1) is 24.0. The lowest BCUT2D eigenvalue weighted by atomic mass is 9.90. The normalized spacial score (nSPS) is 15.8. The minimum Gasteiger partial charge on any atom is -0.492 e. The molecule has 0 atom stereocenters. The van der Waals surface area contributed by atoms with Gasteiger partial charge in [-0.2, -0.15) is 9.67 Å². The van der Waals surface area contributed by atoms with Gasteiger partial charge >= 0.3 is 5.69 Å². The third kappa shape index (κ3) is 4.95. The Bertz CT molecular complexity index is 1310. The summed E-state index contributed by atoms with van der Waals surface area (Å²) < 4.78 is 29.2. The highest BCUT2D eigenvalue weighted by Crippen LogP contribution is 2.29. The summed E-state index contributed by atoms with van der Waals surface area (Å²) in [6.07, 6.45) is 10.8. The highest BCUT2D eigenvalue weighted by Gasteiger charge is 2.24. The lowest BCUT2D eigenvalue weighted by Gasteiger charge is -2.22. The van der Waals surface area contributed by atoms with Crippen molar-refractivity contribution in [1.82, 2.24) is 24.3 Å². The molecule has 2 aromatic heterocycles. The number of amides is 1. The van der Waals surface area contributed by atoms with Crippen LogP contribution in [0.15, 0.2) is 29.3 Å². The molecule has 2 aliphatic rings. The zero-order chi connectivity index (χ0) is 25.1. The van der Waals surface area contributed by atoms with Gasteiger partial charge in [-0.15, -0.1) is 5.10 Å². The van der Waals surface area contributed by atoms with Crippen molar-refractivity contribution in [2.45, 2.75) is 57.9 Å². The smallest absolute Gasteiger partial charge is 0.350 e. The molecule has 0 bridgehead atoms. The summed E-state index contributed by atoms with van der Waals surface area (Å²) in [7, 11) is 1.44. The zero-order valence-electron chi connectivity index (χ0n) is 20.2. The van der Waals surface area contributed by atoms with Crippen LogP contribution in [-0.4, -0.2) is 43.9 Å². The van der Waals surface area contributed by atoms with E-state index in [4.69, 9.17) is 9.47 Å². The Morgan fingerprint density at radius 3 is 2.78 bits per heavy atom. The van der Waals surface area contributed by atoms with Crippen LogP contribution in [0, 0.1) is 11.7 Å². The van der Waals surface area contributed by atoms with Crippen molar-refractivity contribution in [3.05, 3.63) is 52.2 Å². The summed E-state index contributed by atoms with van der Waals surface area (Å²) in [5, 5.41) is 6.99. The lowest BCUT2D eigenvalue weighted by Crippen LogP contribution is -2.27. The fourth-order valence-electron chi connectivity index (χ4n) is 4.81. The molecule has 1 fully saturated rings. The molecule has 1 aromatic carbocycles. The number of nitrogens with one attached hydrogen (secondary N) is 1. The number of aryl methyl sites for hydroxylation is 1. The molecule has 11 heteroatoms. The molecular weight excluding hydrogens is 467 g/mol. The molecule has 36 heavy (non-hydrogen) atoms. The van der Waals surface area contributed by atoms with E-state index in [0.717, 1.165) is 49.3 Å². The number of benzene rings is 1. The second-order valence-electron chi connectivity index (χ2n) is 9.23. The highest BCUT2D eigenvalue weighted by atomic mass is 19.1. The molecule has 0 spiro atoms. The van der Waals surface area contributed by atoms with E-state index >= 15 is 4.39 Å². The van der Waals surface area contributed by atoms with E-state index in [1.807, 2.05) is 0 Å². The van der Waals surface area contributed by atoms with Gasteiger partial charge in [0.05, 0.1) is 31.7 Å². The molecule has 10 nitrogen and oxygen atoms in total. The number of hydrogen-bond donors (Lipinski definition) is 1. The number of methoxy groups -OCH3 is 1. The van der Waals surface area contributed by atoms with Crippen LogP contribution in [0.2, 0.25) is 0 Å².